The number of nitrogens with zero attached hydrogens (tertiary/aromatic N) is 1. The van der Waals surface area contributed by atoms with Gasteiger partial charge >= 0.3 is 5.97 Å². The first-order valence-electron chi connectivity index (χ1n) is 6.81. The molecule has 0 radical (unpaired) electrons. The van der Waals surface area contributed by atoms with Gasteiger partial charge in [0.25, 0.3) is 0 Å². The zero-order valence-electron chi connectivity index (χ0n) is 12.2. The summed E-state index contributed by atoms with van der Waals surface area (Å²) in [5.74, 6) is -0.654. The van der Waals surface area contributed by atoms with Crippen LogP contribution in [0.4, 0.5) is 0 Å². The number of sulfonamides is 1. The molecule has 1 fully saturated rings. The van der Waals surface area contributed by atoms with Crippen molar-refractivity contribution in [3.8, 4) is 0 Å². The molecule has 0 saturated carbocycles. The van der Waals surface area contributed by atoms with Crippen molar-refractivity contribution in [3.63, 3.8) is 0 Å². The number of piperidine rings is 1. The molecule has 6 nitrogen and oxygen atoms in total. The van der Waals surface area contributed by atoms with E-state index in [2.05, 4.69) is 4.74 Å². The number of carbonyl (C=O) groups is 1. The van der Waals surface area contributed by atoms with Crippen molar-refractivity contribution in [3.05, 3.63) is 29.3 Å². The third-order valence-corrected chi connectivity index (χ3v) is 5.50. The third-order valence-electron chi connectivity index (χ3n) is 3.58. The zero-order chi connectivity index (χ0) is 15.6. The summed E-state index contributed by atoms with van der Waals surface area (Å²) in [6.45, 7) is 2.49. The topological polar surface area (TPSA) is 89.7 Å². The monoisotopic (exact) mass is 312 g/mol. The molecule has 1 atom stereocenters. The van der Waals surface area contributed by atoms with Crippen molar-refractivity contribution in [2.45, 2.75) is 30.7 Å². The molecule has 2 rings (SSSR count). The first-order chi connectivity index (χ1) is 9.86. The van der Waals surface area contributed by atoms with E-state index in [4.69, 9.17) is 5.73 Å². The normalized spacial score (nSPS) is 20.2. The molecule has 1 aliphatic heterocycles. The van der Waals surface area contributed by atoms with Crippen molar-refractivity contribution in [1.82, 2.24) is 4.31 Å². The summed E-state index contributed by atoms with van der Waals surface area (Å²) >= 11 is 0. The molecular formula is C14H20N2O4S. The van der Waals surface area contributed by atoms with Gasteiger partial charge in [0.05, 0.1) is 17.6 Å². The van der Waals surface area contributed by atoms with E-state index in [1.807, 2.05) is 0 Å². The molecule has 0 spiro atoms. The number of hydrogen-bond acceptors (Lipinski definition) is 5. The molecule has 1 unspecified atom stereocenters. The first-order valence-corrected chi connectivity index (χ1v) is 8.25. The highest BCUT2D eigenvalue weighted by atomic mass is 32.2. The fourth-order valence-electron chi connectivity index (χ4n) is 2.47. The minimum Gasteiger partial charge on any atom is -0.465 e. The largest absolute Gasteiger partial charge is 0.465 e. The lowest BCUT2D eigenvalue weighted by molar-refractivity contribution is 0.0596. The van der Waals surface area contributed by atoms with Gasteiger partial charge < -0.3 is 10.5 Å². The van der Waals surface area contributed by atoms with Crippen molar-refractivity contribution in [2.75, 3.05) is 20.2 Å². The predicted molar refractivity (Wildman–Crippen MR) is 78.5 cm³/mol. The van der Waals surface area contributed by atoms with Crippen LogP contribution in [-0.2, 0) is 14.8 Å². The van der Waals surface area contributed by atoms with Crippen molar-refractivity contribution < 1.29 is 17.9 Å². The average molecular weight is 312 g/mol. The van der Waals surface area contributed by atoms with Gasteiger partial charge in [-0.05, 0) is 31.9 Å². The molecule has 116 valence electrons. The standard InChI is InChI=1S/C14H20N2O4S/c1-10-5-6-13(12(8-10)14(17)20-2)21(18,19)16-7-3-4-11(15)9-16/h5-6,8,11H,3-4,7,9,15H2,1-2H3. The van der Waals surface area contributed by atoms with E-state index in [9.17, 15) is 13.2 Å². The summed E-state index contributed by atoms with van der Waals surface area (Å²) in [5.41, 5.74) is 6.71. The van der Waals surface area contributed by atoms with E-state index >= 15 is 0 Å². The van der Waals surface area contributed by atoms with Gasteiger partial charge in [-0.15, -0.1) is 0 Å². The highest BCUT2D eigenvalue weighted by Crippen LogP contribution is 2.24. The molecule has 0 aliphatic carbocycles. The van der Waals surface area contributed by atoms with Crippen LogP contribution in [-0.4, -0.2) is 44.9 Å². The minimum atomic E-state index is -3.74. The van der Waals surface area contributed by atoms with E-state index in [-0.39, 0.29) is 23.0 Å². The number of benzene rings is 1. The smallest absolute Gasteiger partial charge is 0.339 e. The second kappa shape index (κ2) is 6.13. The molecule has 0 amide bonds. The van der Waals surface area contributed by atoms with Gasteiger partial charge in [-0.2, -0.15) is 4.31 Å². The fourth-order valence-corrected chi connectivity index (χ4v) is 4.17. The molecular weight excluding hydrogens is 292 g/mol. The van der Waals surface area contributed by atoms with Gasteiger partial charge in [0.15, 0.2) is 0 Å². The van der Waals surface area contributed by atoms with E-state index in [1.54, 1.807) is 13.0 Å². The number of esters is 1. The van der Waals surface area contributed by atoms with Crippen LogP contribution in [0.25, 0.3) is 0 Å². The van der Waals surface area contributed by atoms with Gasteiger partial charge in [-0.1, -0.05) is 11.6 Å². The maximum absolute atomic E-state index is 12.7. The van der Waals surface area contributed by atoms with E-state index in [0.717, 1.165) is 18.4 Å². The van der Waals surface area contributed by atoms with Crippen LogP contribution in [0.15, 0.2) is 23.1 Å². The molecule has 2 N–H and O–H groups in total. The summed E-state index contributed by atoms with van der Waals surface area (Å²) in [6, 6.07) is 4.49. The Kier molecular flexibility index (Phi) is 4.65. The zero-order valence-corrected chi connectivity index (χ0v) is 13.0. The van der Waals surface area contributed by atoms with E-state index < -0.39 is 16.0 Å². The molecule has 0 bridgehead atoms. The first kappa shape index (κ1) is 15.9. The quantitative estimate of drug-likeness (QED) is 0.837. The summed E-state index contributed by atoms with van der Waals surface area (Å²) in [7, 11) is -2.51. The summed E-state index contributed by atoms with van der Waals surface area (Å²) < 4.78 is 31.5. The molecule has 1 aromatic rings. The van der Waals surface area contributed by atoms with Gasteiger partial charge in [0, 0.05) is 19.1 Å². The van der Waals surface area contributed by atoms with Crippen LogP contribution in [0.3, 0.4) is 0 Å². The van der Waals surface area contributed by atoms with Crippen LogP contribution >= 0.6 is 0 Å². The van der Waals surface area contributed by atoms with Gasteiger partial charge in [-0.3, -0.25) is 0 Å². The Balaban J connectivity index is 2.47. The van der Waals surface area contributed by atoms with Crippen LogP contribution in [0.1, 0.15) is 28.8 Å². The SMILES string of the molecule is COC(=O)c1cc(C)ccc1S(=O)(=O)N1CCCC(N)C1. The minimum absolute atomic E-state index is 0.0194. The Morgan fingerprint density at radius 1 is 1.43 bits per heavy atom. The lowest BCUT2D eigenvalue weighted by Crippen LogP contribution is -2.45. The Morgan fingerprint density at radius 2 is 2.14 bits per heavy atom. The molecule has 21 heavy (non-hydrogen) atoms. The van der Waals surface area contributed by atoms with E-state index in [0.29, 0.717) is 6.54 Å². The third kappa shape index (κ3) is 3.25. The maximum atomic E-state index is 12.7. The van der Waals surface area contributed by atoms with Gasteiger partial charge in [0.1, 0.15) is 0 Å². The number of methoxy groups -OCH3 is 1. The molecule has 1 saturated heterocycles. The second-order valence-corrected chi connectivity index (χ2v) is 7.16. The summed E-state index contributed by atoms with van der Waals surface area (Å²) in [5, 5.41) is 0. The summed E-state index contributed by atoms with van der Waals surface area (Å²) in [4.78, 5) is 11.8. The molecule has 0 aromatic heterocycles. The molecule has 1 aliphatic rings. The predicted octanol–water partition coefficient (Wildman–Crippen LogP) is 0.893. The number of hydrogen-bond donors (Lipinski definition) is 1. The fraction of sp³-hybridized carbons (Fsp3) is 0.500. The van der Waals surface area contributed by atoms with Crippen LogP contribution < -0.4 is 5.73 Å². The Hall–Kier alpha value is -1.44. The van der Waals surface area contributed by atoms with Crippen molar-refractivity contribution >= 4 is 16.0 Å². The molecule has 1 aromatic carbocycles. The van der Waals surface area contributed by atoms with Crippen LogP contribution in [0.2, 0.25) is 0 Å². The number of rotatable bonds is 3. The highest BCUT2D eigenvalue weighted by molar-refractivity contribution is 7.89. The van der Waals surface area contributed by atoms with Gasteiger partial charge in [0.2, 0.25) is 10.0 Å². The average Bonchev–Trinajstić information content (AvgIpc) is 2.46. The molecule has 7 heteroatoms. The molecule has 1 heterocycles. The Morgan fingerprint density at radius 3 is 2.76 bits per heavy atom. The number of ether oxygens (including phenoxy) is 1. The van der Waals surface area contributed by atoms with Crippen LogP contribution in [0.5, 0.6) is 0 Å². The maximum Gasteiger partial charge on any atom is 0.339 e. The summed E-state index contributed by atoms with van der Waals surface area (Å²) in [6.07, 6.45) is 1.53. The van der Waals surface area contributed by atoms with E-state index in [1.165, 1.54) is 23.5 Å². The number of carbonyl (C=O) groups excluding carboxylic acids is 1. The lowest BCUT2D eigenvalue weighted by atomic mass is 10.1. The lowest BCUT2D eigenvalue weighted by Gasteiger charge is -2.30. The number of nitrogens with two attached hydrogens (primary N) is 1. The second-order valence-electron chi connectivity index (χ2n) is 5.26. The number of aryl methyl sites for hydroxylation is 1. The highest BCUT2D eigenvalue weighted by Gasteiger charge is 2.32. The Labute approximate surface area is 124 Å². The van der Waals surface area contributed by atoms with Gasteiger partial charge in [-0.25, -0.2) is 13.2 Å². The van der Waals surface area contributed by atoms with Crippen molar-refractivity contribution in [1.29, 1.82) is 0 Å². The van der Waals surface area contributed by atoms with Crippen LogP contribution in [0, 0.1) is 6.92 Å². The van der Waals surface area contributed by atoms with Crippen molar-refractivity contribution in [2.24, 2.45) is 5.73 Å². The Bertz CT molecular complexity index is 642.